The second-order valence-corrected chi connectivity index (χ2v) is 2.13. The molecule has 0 bridgehead atoms. The van der Waals surface area contributed by atoms with Crippen LogP contribution in [0.4, 0.5) is 0 Å². The minimum absolute atomic E-state index is 0.472. The summed E-state index contributed by atoms with van der Waals surface area (Å²) in [5.74, 6) is -0.943. The van der Waals surface area contributed by atoms with Crippen LogP contribution in [0, 0.1) is 13.1 Å². The largest absolute Gasteiger partial charge is 0.289 e. The fourth-order valence-corrected chi connectivity index (χ4v) is 0.649. The summed E-state index contributed by atoms with van der Waals surface area (Å²) >= 11 is 0. The molecule has 1 aliphatic heterocycles. The first-order valence-electron chi connectivity index (χ1n) is 2.85. The predicted molar refractivity (Wildman–Crippen MR) is 34.1 cm³/mol. The Balaban J connectivity index is 2.63. The average molecular weight is 140 g/mol. The van der Waals surface area contributed by atoms with Gasteiger partial charge in [0.25, 0.3) is 0 Å². The van der Waals surface area contributed by atoms with E-state index in [-0.39, 0.29) is 0 Å². The van der Waals surface area contributed by atoms with Gasteiger partial charge in [0.05, 0.1) is 0 Å². The molecule has 0 aliphatic carbocycles. The minimum atomic E-state index is -0.472. The van der Waals surface area contributed by atoms with E-state index in [1.165, 1.54) is 13.1 Å². The van der Waals surface area contributed by atoms with Gasteiger partial charge in [0, 0.05) is 14.1 Å². The third kappa shape index (κ3) is 1.22. The van der Waals surface area contributed by atoms with Gasteiger partial charge in [-0.15, -0.1) is 0 Å². The van der Waals surface area contributed by atoms with Crippen LogP contribution >= 0.6 is 0 Å². The van der Waals surface area contributed by atoms with E-state index in [2.05, 4.69) is 0 Å². The van der Waals surface area contributed by atoms with Gasteiger partial charge in [0.2, 0.25) is 11.6 Å². The van der Waals surface area contributed by atoms with Crippen molar-refractivity contribution < 1.29 is 9.59 Å². The van der Waals surface area contributed by atoms with E-state index in [1.54, 1.807) is 24.1 Å². The Morgan fingerprint density at radius 3 is 1.60 bits per heavy atom. The molecule has 1 rings (SSSR count). The lowest BCUT2D eigenvalue weighted by molar-refractivity contribution is -0.140. The van der Waals surface area contributed by atoms with Gasteiger partial charge in [-0.05, 0) is 0 Å². The molecular weight excluding hydrogens is 132 g/mol. The van der Waals surface area contributed by atoms with Gasteiger partial charge in [0.15, 0.2) is 0 Å². The number of Topliss-reactive ketones (excluding diaryl/α,β-unsaturated/α-hetero) is 2. The van der Waals surface area contributed by atoms with Gasteiger partial charge >= 0.3 is 0 Å². The van der Waals surface area contributed by atoms with Crippen molar-refractivity contribution in [2.24, 2.45) is 0 Å². The molecule has 0 spiro atoms. The second-order valence-electron chi connectivity index (χ2n) is 2.13. The first kappa shape index (κ1) is 7.37. The van der Waals surface area contributed by atoms with E-state index in [0.717, 1.165) is 0 Å². The number of rotatable bonds is 0. The molecule has 1 saturated heterocycles. The van der Waals surface area contributed by atoms with Crippen molar-refractivity contribution in [2.45, 2.75) is 0 Å². The summed E-state index contributed by atoms with van der Waals surface area (Å²) in [5.41, 5.74) is 0. The number of hydrogen-bond acceptors (Lipinski definition) is 4. The summed E-state index contributed by atoms with van der Waals surface area (Å²) < 4.78 is 0. The quantitative estimate of drug-likeness (QED) is 0.415. The summed E-state index contributed by atoms with van der Waals surface area (Å²) in [4.78, 5) is 21.3. The third-order valence-electron chi connectivity index (χ3n) is 1.35. The van der Waals surface area contributed by atoms with Crippen LogP contribution in [-0.4, -0.2) is 35.7 Å². The first-order valence-corrected chi connectivity index (χ1v) is 2.85. The molecule has 4 heteroatoms. The van der Waals surface area contributed by atoms with Crippen LogP contribution in [0.2, 0.25) is 0 Å². The summed E-state index contributed by atoms with van der Waals surface area (Å²) in [6.07, 6.45) is 0. The predicted octanol–water partition coefficient (Wildman–Crippen LogP) is -0.760. The Bertz CT molecular complexity index is 159. The molecule has 10 heavy (non-hydrogen) atoms. The second kappa shape index (κ2) is 2.48. The highest BCUT2D eigenvalue weighted by atomic mass is 16.2. The van der Waals surface area contributed by atoms with Crippen LogP contribution in [0.15, 0.2) is 0 Å². The maximum absolute atomic E-state index is 10.6. The fourth-order valence-electron chi connectivity index (χ4n) is 0.649. The standard InChI is InChI=1S/C6H8N2O2/c1-7-3-5(9)6(10)4-8(7)2/h3-4H,1-2H3. The molecule has 2 radical (unpaired) electrons. The normalized spacial score (nSPS) is 23.8. The number of likely N-dealkylation sites (N-methyl/N-ethyl adjacent to an activating group) is 2. The number of nitrogens with zero attached hydrogens (tertiary/aromatic N) is 2. The summed E-state index contributed by atoms with van der Waals surface area (Å²) in [5, 5.41) is 3.09. The van der Waals surface area contributed by atoms with Crippen molar-refractivity contribution >= 4 is 11.6 Å². The molecule has 0 aromatic carbocycles. The van der Waals surface area contributed by atoms with Gasteiger partial charge in [-0.3, -0.25) is 9.59 Å². The van der Waals surface area contributed by atoms with E-state index in [0.29, 0.717) is 0 Å². The number of hydrazine groups is 1. The van der Waals surface area contributed by atoms with Crippen LogP contribution in [0.1, 0.15) is 0 Å². The highest BCUT2D eigenvalue weighted by Gasteiger charge is 2.26. The maximum Gasteiger partial charge on any atom is 0.220 e. The lowest BCUT2D eigenvalue weighted by Gasteiger charge is -2.29. The molecule has 1 heterocycles. The van der Waals surface area contributed by atoms with Gasteiger partial charge in [-0.25, -0.2) is 10.0 Å². The van der Waals surface area contributed by atoms with Crippen molar-refractivity contribution in [3.05, 3.63) is 13.1 Å². The zero-order valence-corrected chi connectivity index (χ0v) is 5.87. The van der Waals surface area contributed by atoms with E-state index >= 15 is 0 Å². The highest BCUT2D eigenvalue weighted by Crippen LogP contribution is 2.06. The van der Waals surface area contributed by atoms with E-state index in [4.69, 9.17) is 0 Å². The lowest BCUT2D eigenvalue weighted by atomic mass is 10.2. The summed E-state index contributed by atoms with van der Waals surface area (Å²) in [6.45, 7) is 2.50. The summed E-state index contributed by atoms with van der Waals surface area (Å²) in [6, 6.07) is 0. The maximum atomic E-state index is 10.6. The number of ketones is 2. The molecule has 0 saturated carbocycles. The van der Waals surface area contributed by atoms with Gasteiger partial charge in [-0.2, -0.15) is 0 Å². The van der Waals surface area contributed by atoms with Crippen LogP contribution < -0.4 is 0 Å². The smallest absolute Gasteiger partial charge is 0.220 e. The molecule has 0 N–H and O–H groups in total. The minimum Gasteiger partial charge on any atom is -0.289 e. The third-order valence-corrected chi connectivity index (χ3v) is 1.35. The Hall–Kier alpha value is -0.740. The topological polar surface area (TPSA) is 40.6 Å². The Labute approximate surface area is 59.4 Å². The number of carbonyl (C=O) groups excluding carboxylic acids is 2. The van der Waals surface area contributed by atoms with Crippen LogP contribution in [0.3, 0.4) is 0 Å². The van der Waals surface area contributed by atoms with Gasteiger partial charge in [-0.1, -0.05) is 0 Å². The first-order chi connectivity index (χ1) is 4.61. The highest BCUT2D eigenvalue weighted by molar-refractivity contribution is 6.43. The average Bonchev–Trinajstić information content (AvgIpc) is 1.84. The molecule has 0 aromatic rings. The van der Waals surface area contributed by atoms with Gasteiger partial charge < -0.3 is 0 Å². The Morgan fingerprint density at radius 1 is 1.00 bits per heavy atom. The van der Waals surface area contributed by atoms with Crippen molar-refractivity contribution in [2.75, 3.05) is 14.1 Å². The van der Waals surface area contributed by atoms with Crippen molar-refractivity contribution in [3.8, 4) is 0 Å². The van der Waals surface area contributed by atoms with Crippen LogP contribution in [-0.2, 0) is 9.59 Å². The van der Waals surface area contributed by atoms with E-state index in [1.807, 2.05) is 0 Å². The molecule has 0 aromatic heterocycles. The molecule has 4 nitrogen and oxygen atoms in total. The van der Waals surface area contributed by atoms with Crippen molar-refractivity contribution in [1.82, 2.24) is 10.0 Å². The molecular formula is C6H8N2O2. The number of hydrogen-bond donors (Lipinski definition) is 0. The van der Waals surface area contributed by atoms with Crippen LogP contribution in [0.25, 0.3) is 0 Å². The van der Waals surface area contributed by atoms with E-state index < -0.39 is 11.6 Å². The molecule has 0 unspecified atom stereocenters. The Morgan fingerprint density at radius 2 is 1.30 bits per heavy atom. The van der Waals surface area contributed by atoms with Crippen LogP contribution in [0.5, 0.6) is 0 Å². The zero-order valence-electron chi connectivity index (χ0n) is 5.87. The molecule has 0 atom stereocenters. The molecule has 54 valence electrons. The molecule has 1 fully saturated rings. The monoisotopic (exact) mass is 140 g/mol. The SMILES string of the molecule is CN1[CH]C(=O)C(=O)[CH]N1C. The fraction of sp³-hybridized carbons (Fsp3) is 0.333. The van der Waals surface area contributed by atoms with E-state index in [9.17, 15) is 9.59 Å². The summed E-state index contributed by atoms with van der Waals surface area (Å²) in [7, 11) is 3.39. The zero-order chi connectivity index (χ0) is 7.72. The lowest BCUT2D eigenvalue weighted by Crippen LogP contribution is -2.44. The number of carbonyl (C=O) groups is 2. The molecule has 0 amide bonds. The van der Waals surface area contributed by atoms with Crippen molar-refractivity contribution in [3.63, 3.8) is 0 Å². The Kier molecular flexibility index (Phi) is 1.82. The van der Waals surface area contributed by atoms with Crippen molar-refractivity contribution in [1.29, 1.82) is 0 Å². The van der Waals surface area contributed by atoms with Gasteiger partial charge in [0.1, 0.15) is 13.1 Å². The molecule has 1 aliphatic rings.